The van der Waals surface area contributed by atoms with E-state index in [9.17, 15) is 20.0 Å². The van der Waals surface area contributed by atoms with E-state index in [-0.39, 0.29) is 17.9 Å². The second-order valence-corrected chi connectivity index (χ2v) is 6.31. The molecule has 9 nitrogen and oxygen atoms in total. The number of hydrazone groups is 1. The third-order valence-electron chi connectivity index (χ3n) is 4.33. The predicted octanol–water partition coefficient (Wildman–Crippen LogP) is 3.35. The van der Waals surface area contributed by atoms with E-state index in [1.165, 1.54) is 25.0 Å². The summed E-state index contributed by atoms with van der Waals surface area (Å²) in [6, 6.07) is 10.0. The van der Waals surface area contributed by atoms with Crippen LogP contribution in [-0.2, 0) is 4.79 Å². The molecule has 0 saturated heterocycles. The third kappa shape index (κ3) is 5.93. The number of ether oxygens (including phenoxy) is 2. The van der Waals surface area contributed by atoms with Gasteiger partial charge in [-0.15, -0.1) is 0 Å². The average molecular weight is 401 g/mol. The Morgan fingerprint density at radius 2 is 2.03 bits per heavy atom. The summed E-state index contributed by atoms with van der Waals surface area (Å²) < 4.78 is 10.3. The molecule has 0 aromatic heterocycles. The molecule has 0 saturated carbocycles. The van der Waals surface area contributed by atoms with Crippen LogP contribution >= 0.6 is 0 Å². The zero-order valence-corrected chi connectivity index (χ0v) is 16.4. The Balaban J connectivity index is 1.93. The summed E-state index contributed by atoms with van der Waals surface area (Å²) in [6.45, 7) is 4.02. The lowest BCUT2D eigenvalue weighted by Gasteiger charge is -2.10. The van der Waals surface area contributed by atoms with E-state index in [2.05, 4.69) is 24.4 Å². The molecule has 2 aromatic carbocycles. The highest BCUT2D eigenvalue weighted by Gasteiger charge is 2.19. The number of carbonyl (C=O) groups is 1. The van der Waals surface area contributed by atoms with Crippen LogP contribution in [-0.4, -0.2) is 35.9 Å². The number of nitrogens with zero attached hydrogens (tertiary/aromatic N) is 2. The molecule has 0 heterocycles. The van der Waals surface area contributed by atoms with Gasteiger partial charge in [0, 0.05) is 11.6 Å². The number of nitrogens with one attached hydrogen (secondary N) is 1. The van der Waals surface area contributed by atoms with Crippen LogP contribution in [0.2, 0.25) is 0 Å². The van der Waals surface area contributed by atoms with Crippen molar-refractivity contribution in [2.75, 3.05) is 13.7 Å². The van der Waals surface area contributed by atoms with Crippen LogP contribution in [0.15, 0.2) is 41.5 Å². The first-order chi connectivity index (χ1) is 13.8. The summed E-state index contributed by atoms with van der Waals surface area (Å²) in [4.78, 5) is 22.1. The highest BCUT2D eigenvalue weighted by Crippen LogP contribution is 2.36. The smallest absolute Gasteiger partial charge is 0.315 e. The van der Waals surface area contributed by atoms with Crippen LogP contribution in [0.5, 0.6) is 17.2 Å². The Labute approximate surface area is 168 Å². The first-order valence-electron chi connectivity index (χ1n) is 8.95. The number of rotatable bonds is 9. The van der Waals surface area contributed by atoms with E-state index in [1.807, 2.05) is 12.1 Å². The van der Waals surface area contributed by atoms with E-state index in [0.717, 1.165) is 12.5 Å². The fraction of sp³-hybridized carbons (Fsp3) is 0.300. The molecule has 9 heteroatoms. The summed E-state index contributed by atoms with van der Waals surface area (Å²) in [5.74, 6) is -0.124. The molecule has 2 N–H and O–H groups in total. The van der Waals surface area contributed by atoms with Gasteiger partial charge in [0.2, 0.25) is 5.75 Å². The second-order valence-electron chi connectivity index (χ2n) is 6.31. The quantitative estimate of drug-likeness (QED) is 0.377. The molecule has 154 valence electrons. The van der Waals surface area contributed by atoms with Gasteiger partial charge < -0.3 is 14.6 Å². The maximum atomic E-state index is 11.9. The zero-order chi connectivity index (χ0) is 21.4. The minimum atomic E-state index is -0.742. The highest BCUT2D eigenvalue weighted by atomic mass is 16.6. The van der Waals surface area contributed by atoms with Crippen molar-refractivity contribution in [3.63, 3.8) is 0 Å². The Hall–Kier alpha value is -3.62. The van der Waals surface area contributed by atoms with Crippen LogP contribution < -0.4 is 14.9 Å². The van der Waals surface area contributed by atoms with Gasteiger partial charge in [0.1, 0.15) is 5.75 Å². The van der Waals surface area contributed by atoms with Crippen molar-refractivity contribution in [3.05, 3.63) is 57.6 Å². The van der Waals surface area contributed by atoms with Crippen LogP contribution in [0, 0.1) is 10.1 Å². The van der Waals surface area contributed by atoms with Gasteiger partial charge in [-0.2, -0.15) is 5.10 Å². The van der Waals surface area contributed by atoms with E-state index >= 15 is 0 Å². The number of carbonyl (C=O) groups excluding carboxylic acids is 1. The molecule has 1 amide bonds. The van der Waals surface area contributed by atoms with Gasteiger partial charge in [-0.05, 0) is 36.1 Å². The topological polar surface area (TPSA) is 123 Å². The van der Waals surface area contributed by atoms with E-state index < -0.39 is 22.3 Å². The lowest BCUT2D eigenvalue weighted by Crippen LogP contribution is -2.24. The molecule has 0 unspecified atom stereocenters. The summed E-state index contributed by atoms with van der Waals surface area (Å²) >= 11 is 0. The fourth-order valence-electron chi connectivity index (χ4n) is 2.47. The van der Waals surface area contributed by atoms with Crippen LogP contribution in [0.3, 0.4) is 0 Å². The van der Waals surface area contributed by atoms with Crippen molar-refractivity contribution in [2.45, 2.75) is 26.2 Å². The molecule has 2 aromatic rings. The van der Waals surface area contributed by atoms with Crippen molar-refractivity contribution < 1.29 is 24.3 Å². The molecule has 0 aliphatic carbocycles. The highest BCUT2D eigenvalue weighted by molar-refractivity contribution is 5.85. The zero-order valence-electron chi connectivity index (χ0n) is 16.4. The molecule has 0 spiro atoms. The number of benzene rings is 2. The number of phenols is 1. The maximum Gasteiger partial charge on any atom is 0.315 e. The maximum absolute atomic E-state index is 11.9. The van der Waals surface area contributed by atoms with Crippen molar-refractivity contribution in [3.8, 4) is 17.2 Å². The number of amides is 1. The van der Waals surface area contributed by atoms with Crippen molar-refractivity contribution in [2.24, 2.45) is 5.10 Å². The summed E-state index contributed by atoms with van der Waals surface area (Å²) in [5, 5.41) is 24.5. The van der Waals surface area contributed by atoms with E-state index in [1.54, 1.807) is 12.1 Å². The van der Waals surface area contributed by atoms with Gasteiger partial charge in [-0.3, -0.25) is 14.9 Å². The summed E-state index contributed by atoms with van der Waals surface area (Å²) in [6.07, 6.45) is 2.24. The van der Waals surface area contributed by atoms with Crippen molar-refractivity contribution in [1.29, 1.82) is 0 Å². The number of methoxy groups -OCH3 is 1. The summed E-state index contributed by atoms with van der Waals surface area (Å²) in [7, 11) is 1.27. The predicted molar refractivity (Wildman–Crippen MR) is 108 cm³/mol. The largest absolute Gasteiger partial charge is 0.500 e. The number of aromatic hydroxyl groups is 1. The number of hydrogen-bond acceptors (Lipinski definition) is 7. The first kappa shape index (κ1) is 21.7. The van der Waals surface area contributed by atoms with Crippen molar-refractivity contribution >= 4 is 17.8 Å². The molecule has 0 bridgehead atoms. The fourth-order valence-corrected chi connectivity index (χ4v) is 2.47. The number of hydrogen-bond donors (Lipinski definition) is 2. The Morgan fingerprint density at radius 3 is 2.62 bits per heavy atom. The minimum absolute atomic E-state index is 0.0730. The molecule has 0 radical (unpaired) electrons. The van der Waals surface area contributed by atoms with Gasteiger partial charge in [0.05, 0.1) is 18.2 Å². The second kappa shape index (κ2) is 10.1. The Morgan fingerprint density at radius 1 is 1.34 bits per heavy atom. The van der Waals surface area contributed by atoms with Gasteiger partial charge >= 0.3 is 5.69 Å². The SMILES string of the molecule is CC[C@@H](C)c1ccc(OCC(=O)N/N=C/c2cc(OC)c(O)c([N+](=O)[O-])c2)cc1. The first-order valence-corrected chi connectivity index (χ1v) is 8.95. The lowest BCUT2D eigenvalue weighted by atomic mass is 9.99. The van der Waals surface area contributed by atoms with Gasteiger partial charge in [-0.1, -0.05) is 26.0 Å². The monoisotopic (exact) mass is 401 g/mol. The van der Waals surface area contributed by atoms with Crippen LogP contribution in [0.4, 0.5) is 5.69 Å². The van der Waals surface area contributed by atoms with Crippen molar-refractivity contribution in [1.82, 2.24) is 5.43 Å². The lowest BCUT2D eigenvalue weighted by molar-refractivity contribution is -0.386. The van der Waals surface area contributed by atoms with Crippen LogP contribution in [0.25, 0.3) is 0 Å². The van der Waals surface area contributed by atoms with Gasteiger partial charge in [0.25, 0.3) is 5.91 Å². The molecule has 29 heavy (non-hydrogen) atoms. The standard InChI is InChI=1S/C20H23N3O6/c1-4-13(2)15-5-7-16(8-6-15)29-12-19(24)22-21-11-14-9-17(23(26)27)20(25)18(10-14)28-3/h5-11,13,25H,4,12H2,1-3H3,(H,22,24)/b21-11+/t13-/m1/s1. The van der Waals surface area contributed by atoms with Gasteiger partial charge in [0.15, 0.2) is 12.4 Å². The molecule has 0 fully saturated rings. The molecule has 2 rings (SSSR count). The molecular weight excluding hydrogens is 378 g/mol. The molecular formula is C20H23N3O6. The molecule has 0 aliphatic rings. The number of nitro benzene ring substituents is 1. The normalized spacial score (nSPS) is 11.8. The number of phenolic OH excluding ortho intramolecular Hbond substituents is 1. The summed E-state index contributed by atoms with van der Waals surface area (Å²) in [5.41, 5.74) is 3.22. The van der Waals surface area contributed by atoms with Crippen LogP contribution in [0.1, 0.15) is 37.3 Å². The van der Waals surface area contributed by atoms with E-state index in [4.69, 9.17) is 9.47 Å². The Kier molecular flexibility index (Phi) is 7.53. The molecule has 1 atom stereocenters. The third-order valence-corrected chi connectivity index (χ3v) is 4.33. The van der Waals surface area contributed by atoms with Gasteiger partial charge in [-0.25, -0.2) is 5.43 Å². The number of nitro groups is 1. The van der Waals surface area contributed by atoms with E-state index in [0.29, 0.717) is 11.7 Å². The Bertz CT molecular complexity index is 896. The average Bonchev–Trinajstić information content (AvgIpc) is 2.72. The minimum Gasteiger partial charge on any atom is -0.500 e. The molecule has 0 aliphatic heterocycles.